The lowest BCUT2D eigenvalue weighted by atomic mass is 10.0. The van der Waals surface area contributed by atoms with Crippen LogP contribution >= 0.6 is 0 Å². The molecule has 2 nitrogen and oxygen atoms in total. The van der Waals surface area contributed by atoms with Gasteiger partial charge in [0.05, 0.1) is 22.5 Å². The van der Waals surface area contributed by atoms with Gasteiger partial charge in [0.1, 0.15) is 0 Å². The summed E-state index contributed by atoms with van der Waals surface area (Å²) in [7, 11) is 0. The summed E-state index contributed by atoms with van der Waals surface area (Å²) in [5.74, 6) is 0. The van der Waals surface area contributed by atoms with Gasteiger partial charge in [0, 0.05) is 23.5 Å². The van der Waals surface area contributed by atoms with Crippen LogP contribution in [-0.2, 0) is 12.4 Å². The minimum atomic E-state index is -4.47. The van der Waals surface area contributed by atoms with E-state index >= 15 is 0 Å². The van der Waals surface area contributed by atoms with E-state index in [1.165, 1.54) is 12.1 Å². The van der Waals surface area contributed by atoms with Crippen LogP contribution in [0.3, 0.4) is 0 Å². The number of halogens is 6. The molecule has 2 aromatic heterocycles. The molecule has 0 radical (unpaired) electrons. The number of benzene rings is 1. The molecule has 0 spiro atoms. The molecule has 0 N–H and O–H groups in total. The van der Waals surface area contributed by atoms with E-state index < -0.39 is 23.5 Å². The zero-order chi connectivity index (χ0) is 18.9. The molecule has 0 saturated carbocycles. The molecule has 1 aromatic carbocycles. The molecule has 0 unspecified atom stereocenters. The van der Waals surface area contributed by atoms with Gasteiger partial charge in [-0.3, -0.25) is 9.97 Å². The van der Waals surface area contributed by atoms with Crippen molar-refractivity contribution >= 4 is 0 Å². The molecule has 0 atom stereocenters. The monoisotopic (exact) mass is 368 g/mol. The number of alkyl halides is 6. The highest BCUT2D eigenvalue weighted by molar-refractivity contribution is 5.69. The molecule has 3 rings (SSSR count). The van der Waals surface area contributed by atoms with Gasteiger partial charge in [-0.25, -0.2) is 0 Å². The minimum Gasteiger partial charge on any atom is -0.256 e. The van der Waals surface area contributed by atoms with Crippen molar-refractivity contribution in [2.75, 3.05) is 0 Å². The molecule has 0 bridgehead atoms. The van der Waals surface area contributed by atoms with Gasteiger partial charge < -0.3 is 0 Å². The van der Waals surface area contributed by atoms with Crippen molar-refractivity contribution in [2.45, 2.75) is 12.4 Å². The van der Waals surface area contributed by atoms with Crippen molar-refractivity contribution < 1.29 is 26.3 Å². The second kappa shape index (κ2) is 6.44. The van der Waals surface area contributed by atoms with Crippen molar-refractivity contribution in [3.8, 4) is 22.5 Å². The maximum atomic E-state index is 12.6. The molecule has 2 heterocycles. The summed E-state index contributed by atoms with van der Waals surface area (Å²) in [6.07, 6.45) is -7.48. The zero-order valence-electron chi connectivity index (χ0n) is 12.9. The van der Waals surface area contributed by atoms with E-state index in [-0.39, 0.29) is 0 Å². The van der Waals surface area contributed by atoms with E-state index in [1.807, 2.05) is 0 Å². The second-order valence-electron chi connectivity index (χ2n) is 5.44. The quantitative estimate of drug-likeness (QED) is 0.531. The van der Waals surface area contributed by atoms with Gasteiger partial charge in [0.25, 0.3) is 0 Å². The predicted octanol–water partition coefficient (Wildman–Crippen LogP) is 5.85. The van der Waals surface area contributed by atoms with E-state index in [0.29, 0.717) is 22.5 Å². The van der Waals surface area contributed by atoms with Crippen LogP contribution in [-0.4, -0.2) is 9.97 Å². The first-order valence-corrected chi connectivity index (χ1v) is 7.32. The Morgan fingerprint density at radius 1 is 0.577 bits per heavy atom. The van der Waals surface area contributed by atoms with Gasteiger partial charge in [0.15, 0.2) is 0 Å². The molecule has 0 saturated heterocycles. The summed E-state index contributed by atoms with van der Waals surface area (Å²) in [4.78, 5) is 7.61. The molecule has 0 aliphatic rings. The highest BCUT2D eigenvalue weighted by Crippen LogP contribution is 2.32. The van der Waals surface area contributed by atoms with E-state index in [4.69, 9.17) is 0 Å². The Balaban J connectivity index is 1.91. The van der Waals surface area contributed by atoms with Crippen molar-refractivity contribution in [1.82, 2.24) is 9.97 Å². The van der Waals surface area contributed by atoms with E-state index in [1.54, 1.807) is 24.3 Å². The van der Waals surface area contributed by atoms with Crippen LogP contribution in [0.15, 0.2) is 60.9 Å². The van der Waals surface area contributed by atoms with Crippen LogP contribution in [0.4, 0.5) is 26.3 Å². The third-order valence-electron chi connectivity index (χ3n) is 3.64. The molecular weight excluding hydrogens is 358 g/mol. The third kappa shape index (κ3) is 3.84. The second-order valence-corrected chi connectivity index (χ2v) is 5.44. The number of pyridine rings is 2. The summed E-state index contributed by atoms with van der Waals surface area (Å²) in [5.41, 5.74) is -0.0435. The largest absolute Gasteiger partial charge is 0.417 e. The lowest BCUT2D eigenvalue weighted by Gasteiger charge is -2.09. The summed E-state index contributed by atoms with van der Waals surface area (Å²) in [5, 5.41) is 0. The SMILES string of the molecule is FC(F)(F)c1ccc(-c2cccc(-c3ccc(C(F)(F)F)cn3)c2)nc1. The van der Waals surface area contributed by atoms with Crippen molar-refractivity contribution in [2.24, 2.45) is 0 Å². The number of aromatic nitrogens is 2. The van der Waals surface area contributed by atoms with Gasteiger partial charge in [0.2, 0.25) is 0 Å². The summed E-state index contributed by atoms with van der Waals surface area (Å²) < 4.78 is 75.6. The fraction of sp³-hybridized carbons (Fsp3) is 0.111. The van der Waals surface area contributed by atoms with Crippen LogP contribution in [0.25, 0.3) is 22.5 Å². The van der Waals surface area contributed by atoms with Gasteiger partial charge >= 0.3 is 12.4 Å². The van der Waals surface area contributed by atoms with Crippen LogP contribution < -0.4 is 0 Å². The average molecular weight is 368 g/mol. The van der Waals surface area contributed by atoms with Crippen molar-refractivity contribution in [1.29, 1.82) is 0 Å². The number of hydrogen-bond donors (Lipinski definition) is 0. The standard InChI is InChI=1S/C18H10F6N2/c19-17(20,21)13-4-6-15(25-9-13)11-2-1-3-12(8-11)16-7-5-14(10-26-16)18(22,23)24/h1-10H. The fourth-order valence-electron chi connectivity index (χ4n) is 2.30. The molecule has 0 fully saturated rings. The molecule has 0 amide bonds. The van der Waals surface area contributed by atoms with Crippen LogP contribution in [0.2, 0.25) is 0 Å². The molecule has 0 aliphatic carbocycles. The molecule has 26 heavy (non-hydrogen) atoms. The lowest BCUT2D eigenvalue weighted by Crippen LogP contribution is -2.05. The number of hydrogen-bond acceptors (Lipinski definition) is 2. The topological polar surface area (TPSA) is 25.8 Å². The molecule has 3 aromatic rings. The normalized spacial score (nSPS) is 12.2. The van der Waals surface area contributed by atoms with Crippen molar-refractivity contribution in [3.63, 3.8) is 0 Å². The Morgan fingerprint density at radius 2 is 1.00 bits per heavy atom. The first-order valence-electron chi connectivity index (χ1n) is 7.32. The van der Waals surface area contributed by atoms with Crippen LogP contribution in [0.5, 0.6) is 0 Å². The highest BCUT2D eigenvalue weighted by Gasteiger charge is 2.31. The molecule has 0 aliphatic heterocycles. The summed E-state index contributed by atoms with van der Waals surface area (Å²) >= 11 is 0. The van der Waals surface area contributed by atoms with Gasteiger partial charge in [-0.05, 0) is 30.3 Å². The number of rotatable bonds is 2. The van der Waals surface area contributed by atoms with Gasteiger partial charge in [-0.15, -0.1) is 0 Å². The van der Waals surface area contributed by atoms with Gasteiger partial charge in [-0.2, -0.15) is 26.3 Å². The maximum absolute atomic E-state index is 12.6. The van der Waals surface area contributed by atoms with Crippen LogP contribution in [0.1, 0.15) is 11.1 Å². The summed E-state index contributed by atoms with van der Waals surface area (Å²) in [6.45, 7) is 0. The first-order chi connectivity index (χ1) is 12.1. The number of nitrogens with zero attached hydrogens (tertiary/aromatic N) is 2. The Bertz CT molecular complexity index is 824. The maximum Gasteiger partial charge on any atom is 0.417 e. The average Bonchev–Trinajstić information content (AvgIpc) is 2.61. The third-order valence-corrected chi connectivity index (χ3v) is 3.64. The zero-order valence-corrected chi connectivity index (χ0v) is 12.9. The lowest BCUT2D eigenvalue weighted by molar-refractivity contribution is -0.138. The smallest absolute Gasteiger partial charge is 0.256 e. The van der Waals surface area contributed by atoms with E-state index in [9.17, 15) is 26.3 Å². The Labute approximate surface area is 144 Å². The minimum absolute atomic E-state index is 0.312. The molecule has 8 heteroatoms. The Morgan fingerprint density at radius 3 is 1.31 bits per heavy atom. The Kier molecular flexibility index (Phi) is 4.43. The molecular formula is C18H10F6N2. The van der Waals surface area contributed by atoms with E-state index in [2.05, 4.69) is 9.97 Å². The predicted molar refractivity (Wildman–Crippen MR) is 82.9 cm³/mol. The van der Waals surface area contributed by atoms with E-state index in [0.717, 1.165) is 24.5 Å². The van der Waals surface area contributed by atoms with Gasteiger partial charge in [-0.1, -0.05) is 18.2 Å². The first kappa shape index (κ1) is 17.9. The summed E-state index contributed by atoms with van der Waals surface area (Å²) in [6, 6.07) is 10.8. The van der Waals surface area contributed by atoms with Crippen molar-refractivity contribution in [3.05, 3.63) is 72.1 Å². The van der Waals surface area contributed by atoms with Crippen LogP contribution in [0, 0.1) is 0 Å². The fourth-order valence-corrected chi connectivity index (χ4v) is 2.30. The highest BCUT2D eigenvalue weighted by atomic mass is 19.4. The Hall–Kier alpha value is -2.90. The molecule has 134 valence electrons.